The lowest BCUT2D eigenvalue weighted by atomic mass is 10.2. The predicted molar refractivity (Wildman–Crippen MR) is 71.9 cm³/mol. The summed E-state index contributed by atoms with van der Waals surface area (Å²) >= 11 is 5.73. The Labute approximate surface area is 106 Å². The maximum atomic E-state index is 13.8. The lowest BCUT2D eigenvalue weighted by Gasteiger charge is -2.21. The highest BCUT2D eigenvalue weighted by atomic mass is 35.5. The van der Waals surface area contributed by atoms with E-state index in [1.807, 2.05) is 25.9 Å². The Morgan fingerprint density at radius 2 is 2.00 bits per heavy atom. The molecule has 0 heterocycles. The van der Waals surface area contributed by atoms with Crippen LogP contribution in [-0.4, -0.2) is 31.6 Å². The standard InChI is InChI=1S/C11H18ClFN4/c1-6(17(2)3)5-16-11-8(15)4-7(14)9(12)10(11)13/h4,6,16H,5,14-15H2,1-3H3. The van der Waals surface area contributed by atoms with Gasteiger partial charge < -0.3 is 21.7 Å². The normalized spacial score (nSPS) is 12.8. The summed E-state index contributed by atoms with van der Waals surface area (Å²) in [5.74, 6) is -0.602. The second-order valence-electron chi connectivity index (χ2n) is 4.25. The van der Waals surface area contributed by atoms with Crippen LogP contribution in [-0.2, 0) is 0 Å². The summed E-state index contributed by atoms with van der Waals surface area (Å²) in [6.07, 6.45) is 0. The molecular formula is C11H18ClFN4. The summed E-state index contributed by atoms with van der Waals surface area (Å²) in [6, 6.07) is 1.69. The fourth-order valence-electron chi connectivity index (χ4n) is 1.28. The number of hydrogen-bond acceptors (Lipinski definition) is 4. The van der Waals surface area contributed by atoms with Gasteiger partial charge >= 0.3 is 0 Å². The maximum absolute atomic E-state index is 13.8. The number of nitrogen functional groups attached to an aromatic ring is 2. The molecule has 6 heteroatoms. The lowest BCUT2D eigenvalue weighted by Crippen LogP contribution is -2.31. The molecule has 96 valence electrons. The molecule has 17 heavy (non-hydrogen) atoms. The van der Waals surface area contributed by atoms with Gasteiger partial charge in [-0.15, -0.1) is 0 Å². The Kier molecular flexibility index (Phi) is 4.42. The number of likely N-dealkylation sites (N-methyl/N-ethyl adjacent to an activating group) is 1. The van der Waals surface area contributed by atoms with Gasteiger partial charge in [0.25, 0.3) is 0 Å². The highest BCUT2D eigenvalue weighted by molar-refractivity contribution is 6.33. The molecule has 0 saturated heterocycles. The number of rotatable bonds is 4. The molecule has 1 aromatic carbocycles. The van der Waals surface area contributed by atoms with Gasteiger partial charge in [-0.1, -0.05) is 11.6 Å². The summed E-state index contributed by atoms with van der Waals surface area (Å²) in [5, 5.41) is 2.85. The van der Waals surface area contributed by atoms with Crippen LogP contribution in [0.25, 0.3) is 0 Å². The molecule has 0 aliphatic carbocycles. The average Bonchev–Trinajstić information content (AvgIpc) is 2.25. The van der Waals surface area contributed by atoms with Crippen LogP contribution in [0, 0.1) is 5.82 Å². The van der Waals surface area contributed by atoms with Gasteiger partial charge in [0.2, 0.25) is 0 Å². The molecule has 1 aromatic rings. The summed E-state index contributed by atoms with van der Waals surface area (Å²) in [6.45, 7) is 2.58. The first-order chi connectivity index (χ1) is 7.84. The SMILES string of the molecule is CC(CNc1c(N)cc(N)c(Cl)c1F)N(C)C. The minimum Gasteiger partial charge on any atom is -0.397 e. The van der Waals surface area contributed by atoms with Gasteiger partial charge in [0, 0.05) is 12.6 Å². The third kappa shape index (κ3) is 3.14. The van der Waals surface area contributed by atoms with Crippen LogP contribution in [0.1, 0.15) is 6.92 Å². The third-order valence-electron chi connectivity index (χ3n) is 2.72. The number of nitrogens with one attached hydrogen (secondary N) is 1. The first-order valence-corrected chi connectivity index (χ1v) is 5.65. The van der Waals surface area contributed by atoms with Gasteiger partial charge in [-0.25, -0.2) is 4.39 Å². The van der Waals surface area contributed by atoms with Crippen LogP contribution in [0.5, 0.6) is 0 Å². The van der Waals surface area contributed by atoms with E-state index in [0.717, 1.165) is 0 Å². The topological polar surface area (TPSA) is 67.3 Å². The molecule has 0 saturated carbocycles. The molecule has 1 unspecified atom stereocenters. The highest BCUT2D eigenvalue weighted by Gasteiger charge is 2.15. The number of benzene rings is 1. The lowest BCUT2D eigenvalue weighted by molar-refractivity contribution is 0.326. The van der Waals surface area contributed by atoms with Crippen LogP contribution in [0.15, 0.2) is 6.07 Å². The van der Waals surface area contributed by atoms with E-state index in [0.29, 0.717) is 6.54 Å². The van der Waals surface area contributed by atoms with E-state index in [9.17, 15) is 4.39 Å². The largest absolute Gasteiger partial charge is 0.397 e. The molecule has 0 aliphatic heterocycles. The monoisotopic (exact) mass is 260 g/mol. The Morgan fingerprint density at radius 3 is 2.53 bits per heavy atom. The van der Waals surface area contributed by atoms with E-state index < -0.39 is 5.82 Å². The first-order valence-electron chi connectivity index (χ1n) is 5.27. The van der Waals surface area contributed by atoms with Crippen molar-refractivity contribution in [1.29, 1.82) is 0 Å². The Balaban J connectivity index is 2.88. The van der Waals surface area contributed by atoms with Crippen molar-refractivity contribution in [2.75, 3.05) is 37.4 Å². The van der Waals surface area contributed by atoms with Crippen molar-refractivity contribution in [1.82, 2.24) is 4.90 Å². The van der Waals surface area contributed by atoms with Crippen molar-refractivity contribution in [3.05, 3.63) is 16.9 Å². The summed E-state index contributed by atoms with van der Waals surface area (Å²) in [5.41, 5.74) is 11.8. The minimum atomic E-state index is -0.602. The molecule has 0 amide bonds. The number of hydrogen-bond donors (Lipinski definition) is 3. The zero-order chi connectivity index (χ0) is 13.2. The fourth-order valence-corrected chi connectivity index (χ4v) is 1.43. The number of nitrogens with two attached hydrogens (primary N) is 2. The van der Waals surface area contributed by atoms with Crippen molar-refractivity contribution in [2.45, 2.75) is 13.0 Å². The van der Waals surface area contributed by atoms with E-state index in [1.165, 1.54) is 6.07 Å². The Hall–Kier alpha value is -1.20. The molecule has 0 radical (unpaired) electrons. The number of nitrogens with zero attached hydrogens (tertiary/aromatic N) is 1. The summed E-state index contributed by atoms with van der Waals surface area (Å²) in [4.78, 5) is 2.01. The predicted octanol–water partition coefficient (Wildman–Crippen LogP) is 2.01. The maximum Gasteiger partial charge on any atom is 0.169 e. The van der Waals surface area contributed by atoms with E-state index in [2.05, 4.69) is 5.32 Å². The molecule has 1 atom stereocenters. The smallest absolute Gasteiger partial charge is 0.169 e. The van der Waals surface area contributed by atoms with E-state index in [1.54, 1.807) is 0 Å². The van der Waals surface area contributed by atoms with Gasteiger partial charge in [0.15, 0.2) is 5.82 Å². The van der Waals surface area contributed by atoms with Crippen molar-refractivity contribution in [3.63, 3.8) is 0 Å². The quantitative estimate of drug-likeness (QED) is 0.725. The van der Waals surface area contributed by atoms with Crippen LogP contribution in [0.2, 0.25) is 5.02 Å². The van der Waals surface area contributed by atoms with Gasteiger partial charge in [-0.3, -0.25) is 0 Å². The van der Waals surface area contributed by atoms with Crippen molar-refractivity contribution in [3.8, 4) is 0 Å². The van der Waals surface area contributed by atoms with Crippen LogP contribution in [0.4, 0.5) is 21.5 Å². The zero-order valence-electron chi connectivity index (χ0n) is 10.2. The summed E-state index contributed by atoms with van der Waals surface area (Å²) < 4.78 is 13.8. The molecule has 0 aromatic heterocycles. The van der Waals surface area contributed by atoms with E-state index in [4.69, 9.17) is 23.1 Å². The van der Waals surface area contributed by atoms with Gasteiger partial charge in [-0.2, -0.15) is 0 Å². The molecule has 0 bridgehead atoms. The van der Waals surface area contributed by atoms with Crippen molar-refractivity contribution < 1.29 is 4.39 Å². The molecule has 5 N–H and O–H groups in total. The molecule has 0 aliphatic rings. The van der Waals surface area contributed by atoms with Gasteiger partial charge in [0.05, 0.1) is 17.1 Å². The zero-order valence-corrected chi connectivity index (χ0v) is 11.0. The third-order valence-corrected chi connectivity index (χ3v) is 3.11. The highest BCUT2D eigenvalue weighted by Crippen LogP contribution is 2.33. The van der Waals surface area contributed by atoms with Gasteiger partial charge in [0.1, 0.15) is 5.02 Å². The van der Waals surface area contributed by atoms with Crippen LogP contribution < -0.4 is 16.8 Å². The molecule has 1 rings (SSSR count). The van der Waals surface area contributed by atoms with Crippen LogP contribution >= 0.6 is 11.6 Å². The van der Waals surface area contributed by atoms with Crippen LogP contribution in [0.3, 0.4) is 0 Å². The molecular weight excluding hydrogens is 243 g/mol. The Morgan fingerprint density at radius 1 is 1.41 bits per heavy atom. The minimum absolute atomic E-state index is 0.0980. The van der Waals surface area contributed by atoms with E-state index >= 15 is 0 Å². The number of halogens is 2. The second-order valence-corrected chi connectivity index (χ2v) is 4.63. The first kappa shape index (κ1) is 13.9. The Bertz CT molecular complexity index is 409. The van der Waals surface area contributed by atoms with Crippen molar-refractivity contribution >= 4 is 28.7 Å². The van der Waals surface area contributed by atoms with Gasteiger partial charge in [-0.05, 0) is 27.1 Å². The average molecular weight is 261 g/mol. The summed E-state index contributed by atoms with van der Waals surface area (Å²) in [7, 11) is 3.89. The van der Waals surface area contributed by atoms with Crippen molar-refractivity contribution in [2.24, 2.45) is 0 Å². The molecule has 4 nitrogen and oxygen atoms in total. The molecule has 0 spiro atoms. The second kappa shape index (κ2) is 5.42. The molecule has 0 fully saturated rings. The fraction of sp³-hybridized carbons (Fsp3) is 0.455. The van der Waals surface area contributed by atoms with E-state index in [-0.39, 0.29) is 28.1 Å². The number of anilines is 3.